The number of aromatic nitrogens is 1. The minimum Gasteiger partial charge on any atom is -0.393 e. The second-order valence-corrected chi connectivity index (χ2v) is 10.4. The van der Waals surface area contributed by atoms with Gasteiger partial charge in [-0.1, -0.05) is 95.8 Å². The fourth-order valence-electron chi connectivity index (χ4n) is 4.86. The van der Waals surface area contributed by atoms with Gasteiger partial charge in [-0.15, -0.1) is 0 Å². The van der Waals surface area contributed by atoms with E-state index in [-0.39, 0.29) is 6.10 Å². The van der Waals surface area contributed by atoms with Crippen LogP contribution in [-0.4, -0.2) is 22.7 Å². The molecule has 5 rings (SSSR count). The molecule has 0 aliphatic heterocycles. The lowest BCUT2D eigenvalue weighted by Gasteiger charge is -2.37. The maximum atomic E-state index is 9.67. The highest BCUT2D eigenvalue weighted by atomic mass is 32.1. The molecule has 33 heavy (non-hydrogen) atoms. The van der Waals surface area contributed by atoms with Crippen LogP contribution in [0.5, 0.6) is 0 Å². The molecule has 1 unspecified atom stereocenters. The average Bonchev–Trinajstić information content (AvgIpc) is 3.05. The summed E-state index contributed by atoms with van der Waals surface area (Å²) in [5, 5.41) is 14.2. The van der Waals surface area contributed by atoms with E-state index < -0.39 is 0 Å². The number of hydrogen-bond donors (Lipinski definition) is 2. The molecule has 3 nitrogen and oxygen atoms in total. The van der Waals surface area contributed by atoms with Crippen LogP contribution >= 0.6 is 11.3 Å². The molecule has 1 fully saturated rings. The summed E-state index contributed by atoms with van der Waals surface area (Å²) in [4.78, 5) is 6.29. The van der Waals surface area contributed by atoms with E-state index in [4.69, 9.17) is 4.98 Å². The molecule has 1 heterocycles. The summed E-state index contributed by atoms with van der Waals surface area (Å²) in [6.45, 7) is 3.03. The Balaban J connectivity index is 1.33. The molecule has 3 aliphatic carbocycles. The van der Waals surface area contributed by atoms with Gasteiger partial charge in [0, 0.05) is 6.54 Å². The van der Waals surface area contributed by atoms with Crippen molar-refractivity contribution in [2.75, 3.05) is 11.9 Å². The number of aliphatic hydroxyl groups is 1. The van der Waals surface area contributed by atoms with E-state index in [0.717, 1.165) is 43.1 Å². The van der Waals surface area contributed by atoms with E-state index in [1.54, 1.807) is 11.3 Å². The molecule has 1 saturated carbocycles. The number of anilines is 1. The Morgan fingerprint density at radius 1 is 1.09 bits per heavy atom. The van der Waals surface area contributed by atoms with E-state index in [1.807, 2.05) is 0 Å². The number of aryl methyl sites for hydroxylation is 1. The van der Waals surface area contributed by atoms with E-state index in [9.17, 15) is 5.11 Å². The third-order valence-electron chi connectivity index (χ3n) is 6.87. The zero-order valence-electron chi connectivity index (χ0n) is 19.2. The number of nitrogens with zero attached hydrogens (tertiary/aromatic N) is 1. The average molecular weight is 457 g/mol. The van der Waals surface area contributed by atoms with Crippen LogP contribution in [0.2, 0.25) is 0 Å². The highest BCUT2D eigenvalue weighted by Crippen LogP contribution is 2.42. The van der Waals surface area contributed by atoms with Gasteiger partial charge in [0.25, 0.3) is 0 Å². The molecule has 3 aliphatic rings. The zero-order chi connectivity index (χ0) is 22.6. The van der Waals surface area contributed by atoms with Gasteiger partial charge in [0.05, 0.1) is 16.7 Å². The topological polar surface area (TPSA) is 45.2 Å². The molecule has 1 atom stereocenters. The van der Waals surface area contributed by atoms with Crippen LogP contribution in [0, 0.1) is 24.7 Å². The van der Waals surface area contributed by atoms with Gasteiger partial charge in [0.1, 0.15) is 0 Å². The van der Waals surface area contributed by atoms with Crippen molar-refractivity contribution < 1.29 is 5.11 Å². The smallest absolute Gasteiger partial charge is 0.183 e. The first-order valence-electron chi connectivity index (χ1n) is 12.1. The van der Waals surface area contributed by atoms with Crippen LogP contribution in [-0.2, 0) is 0 Å². The first-order valence-corrected chi connectivity index (χ1v) is 12.9. The fourth-order valence-corrected chi connectivity index (χ4v) is 5.87. The minimum atomic E-state index is -0.0888. The van der Waals surface area contributed by atoms with Crippen molar-refractivity contribution in [3.05, 3.63) is 90.2 Å². The highest BCUT2D eigenvalue weighted by molar-refractivity contribution is 7.19. The van der Waals surface area contributed by atoms with E-state index in [0.29, 0.717) is 17.8 Å². The standard InChI is InChI=1S/C29H32N2OS/c1-20-7-6-10-24(17-20)28-27(23-13-11-22(12-14-23)25-18-26(32)19-25)31-29(33-28)30-16-15-21-8-4-2-3-5-9-21/h2-11,13-14,17,21-22,25-26,32H,12,15-16,18-19H2,1H3,(H,30,31). The van der Waals surface area contributed by atoms with Crippen LogP contribution in [0.1, 0.15) is 36.9 Å². The van der Waals surface area contributed by atoms with Crippen LogP contribution in [0.25, 0.3) is 16.0 Å². The predicted octanol–water partition coefficient (Wildman–Crippen LogP) is 6.95. The van der Waals surface area contributed by atoms with E-state index in [1.165, 1.54) is 21.6 Å². The number of benzene rings is 1. The lowest BCUT2D eigenvalue weighted by molar-refractivity contribution is 0.0243. The van der Waals surface area contributed by atoms with Gasteiger partial charge in [-0.3, -0.25) is 0 Å². The molecule has 0 bridgehead atoms. The van der Waals surface area contributed by atoms with Crippen molar-refractivity contribution in [3.63, 3.8) is 0 Å². The molecule has 170 valence electrons. The second kappa shape index (κ2) is 10.1. The van der Waals surface area contributed by atoms with Crippen molar-refractivity contribution in [2.45, 2.75) is 38.7 Å². The third kappa shape index (κ3) is 5.29. The number of nitrogens with one attached hydrogen (secondary N) is 1. The molecule has 0 radical (unpaired) electrons. The van der Waals surface area contributed by atoms with Crippen molar-refractivity contribution >= 4 is 22.0 Å². The van der Waals surface area contributed by atoms with E-state index >= 15 is 0 Å². The summed E-state index contributed by atoms with van der Waals surface area (Å²) in [6, 6.07) is 8.71. The Labute approximate surface area is 201 Å². The number of thiazole rings is 1. The first-order chi connectivity index (χ1) is 16.2. The van der Waals surface area contributed by atoms with Gasteiger partial charge >= 0.3 is 0 Å². The summed E-state index contributed by atoms with van der Waals surface area (Å²) < 4.78 is 0. The molecule has 0 amide bonds. The quantitative estimate of drug-likeness (QED) is 0.474. The number of hydrogen-bond acceptors (Lipinski definition) is 4. The molecular weight excluding hydrogens is 424 g/mol. The Bertz CT molecular complexity index is 1110. The Morgan fingerprint density at radius 3 is 2.61 bits per heavy atom. The summed E-state index contributed by atoms with van der Waals surface area (Å²) in [5.41, 5.74) is 4.79. The Hall–Kier alpha value is -2.69. The summed E-state index contributed by atoms with van der Waals surface area (Å²) in [6.07, 6.45) is 23.7. The number of rotatable bonds is 7. The molecule has 1 aromatic carbocycles. The zero-order valence-corrected chi connectivity index (χ0v) is 20.0. The molecule has 4 heteroatoms. The SMILES string of the molecule is Cc1cccc(-c2sc(NCCC3C=CC=CC=C3)nc2C2=CCC(C3CC(O)C3)C=C2)c1. The van der Waals surface area contributed by atoms with Crippen LogP contribution in [0.15, 0.2) is 78.9 Å². The van der Waals surface area contributed by atoms with Crippen LogP contribution < -0.4 is 5.32 Å². The molecule has 0 saturated heterocycles. The van der Waals surface area contributed by atoms with Gasteiger partial charge in [-0.05, 0) is 61.5 Å². The lowest BCUT2D eigenvalue weighted by Crippen LogP contribution is -2.33. The summed E-state index contributed by atoms with van der Waals surface area (Å²) in [7, 11) is 0. The Kier molecular flexibility index (Phi) is 6.75. The van der Waals surface area contributed by atoms with Gasteiger partial charge in [0.2, 0.25) is 0 Å². The van der Waals surface area contributed by atoms with Gasteiger partial charge < -0.3 is 10.4 Å². The number of allylic oxidation sites excluding steroid dienone is 10. The fraction of sp³-hybridized carbons (Fsp3) is 0.345. The van der Waals surface area contributed by atoms with Gasteiger partial charge in [0.15, 0.2) is 5.13 Å². The monoisotopic (exact) mass is 456 g/mol. The molecule has 1 aromatic heterocycles. The van der Waals surface area contributed by atoms with E-state index in [2.05, 4.69) is 91.2 Å². The highest BCUT2D eigenvalue weighted by Gasteiger charge is 2.33. The summed E-state index contributed by atoms with van der Waals surface area (Å²) >= 11 is 1.75. The molecular formula is C29H32N2OS. The maximum Gasteiger partial charge on any atom is 0.183 e. The second-order valence-electron chi connectivity index (χ2n) is 9.40. The van der Waals surface area contributed by atoms with Gasteiger partial charge in [-0.2, -0.15) is 0 Å². The normalized spacial score (nSPS) is 24.4. The van der Waals surface area contributed by atoms with Gasteiger partial charge in [-0.25, -0.2) is 4.98 Å². The third-order valence-corrected chi connectivity index (χ3v) is 7.93. The van der Waals surface area contributed by atoms with Crippen molar-refractivity contribution in [3.8, 4) is 10.4 Å². The molecule has 2 aromatic rings. The van der Waals surface area contributed by atoms with Crippen LogP contribution in [0.3, 0.4) is 0 Å². The van der Waals surface area contributed by atoms with Crippen molar-refractivity contribution in [1.29, 1.82) is 0 Å². The largest absolute Gasteiger partial charge is 0.393 e. The Morgan fingerprint density at radius 2 is 1.91 bits per heavy atom. The number of aliphatic hydroxyl groups excluding tert-OH is 1. The molecule has 0 spiro atoms. The van der Waals surface area contributed by atoms with Crippen LogP contribution in [0.4, 0.5) is 5.13 Å². The first kappa shape index (κ1) is 22.1. The van der Waals surface area contributed by atoms with Crippen molar-refractivity contribution in [2.24, 2.45) is 17.8 Å². The van der Waals surface area contributed by atoms with Crippen molar-refractivity contribution in [1.82, 2.24) is 4.98 Å². The lowest BCUT2D eigenvalue weighted by atomic mass is 9.71. The molecule has 2 N–H and O–H groups in total. The predicted molar refractivity (Wildman–Crippen MR) is 140 cm³/mol. The maximum absolute atomic E-state index is 9.67. The summed E-state index contributed by atoms with van der Waals surface area (Å²) in [5.74, 6) is 1.63. The minimum absolute atomic E-state index is 0.0888.